The number of carbonyl (C=O) groups is 1. The van der Waals surface area contributed by atoms with Crippen molar-refractivity contribution < 1.29 is 23.7 Å². The normalized spacial score (nSPS) is 39.8. The number of fused-ring (bicyclic) bond motifs is 1. The summed E-state index contributed by atoms with van der Waals surface area (Å²) in [5.41, 5.74) is 0. The van der Waals surface area contributed by atoms with E-state index < -0.39 is 12.1 Å². The Morgan fingerprint density at radius 1 is 1.35 bits per heavy atom. The Morgan fingerprint density at radius 2 is 2.06 bits per heavy atom. The van der Waals surface area contributed by atoms with E-state index >= 15 is 0 Å². The van der Waals surface area contributed by atoms with Gasteiger partial charge in [0, 0.05) is 7.11 Å². The molecule has 17 heavy (non-hydrogen) atoms. The van der Waals surface area contributed by atoms with Crippen LogP contribution >= 0.6 is 0 Å². The Labute approximate surface area is 101 Å². The van der Waals surface area contributed by atoms with Crippen LogP contribution in [0.1, 0.15) is 20.8 Å². The zero-order valence-electron chi connectivity index (χ0n) is 10.5. The number of ether oxygens (including phenoxy) is 4. The largest absolute Gasteiger partial charge is 0.375 e. The van der Waals surface area contributed by atoms with Crippen LogP contribution < -0.4 is 0 Å². The first-order valence-corrected chi connectivity index (χ1v) is 5.65. The molecule has 0 aromatic heterocycles. The van der Waals surface area contributed by atoms with Crippen molar-refractivity contribution in [3.8, 4) is 0 Å². The van der Waals surface area contributed by atoms with E-state index in [1.165, 1.54) is 13.0 Å². The summed E-state index contributed by atoms with van der Waals surface area (Å²) in [4.78, 5) is 10.9. The lowest BCUT2D eigenvalue weighted by Crippen LogP contribution is -2.35. The van der Waals surface area contributed by atoms with Gasteiger partial charge in [-0.3, -0.25) is 4.79 Å². The maximum Gasteiger partial charge on any atom is 0.190 e. The van der Waals surface area contributed by atoms with Crippen molar-refractivity contribution >= 4 is 5.78 Å². The number of carbonyl (C=O) groups excluding carboxylic acids is 1. The third-order valence-corrected chi connectivity index (χ3v) is 2.82. The summed E-state index contributed by atoms with van der Waals surface area (Å²) in [5, 5.41) is 0. The maximum atomic E-state index is 10.9. The van der Waals surface area contributed by atoms with E-state index in [1.807, 2.05) is 13.8 Å². The van der Waals surface area contributed by atoms with E-state index in [0.29, 0.717) is 0 Å². The van der Waals surface area contributed by atoms with Crippen LogP contribution in [0, 0.1) is 0 Å². The molecule has 96 valence electrons. The molecule has 0 spiro atoms. The SMILES string of the molecule is COC1C(C=CC(C)=O)OC2OC(C)(C)OC21. The molecule has 0 saturated carbocycles. The molecule has 5 nitrogen and oxygen atoms in total. The van der Waals surface area contributed by atoms with Gasteiger partial charge in [-0.05, 0) is 32.9 Å². The van der Waals surface area contributed by atoms with Crippen molar-refractivity contribution in [3.63, 3.8) is 0 Å². The van der Waals surface area contributed by atoms with Crippen LogP contribution in [0.25, 0.3) is 0 Å². The van der Waals surface area contributed by atoms with Gasteiger partial charge in [-0.15, -0.1) is 0 Å². The lowest BCUT2D eigenvalue weighted by Gasteiger charge is -2.23. The van der Waals surface area contributed by atoms with Gasteiger partial charge in [-0.2, -0.15) is 0 Å². The van der Waals surface area contributed by atoms with Gasteiger partial charge in [-0.1, -0.05) is 0 Å². The number of rotatable bonds is 3. The van der Waals surface area contributed by atoms with Gasteiger partial charge in [0.25, 0.3) is 0 Å². The fraction of sp³-hybridized carbons (Fsp3) is 0.750. The number of hydrogen-bond acceptors (Lipinski definition) is 5. The monoisotopic (exact) mass is 242 g/mol. The third kappa shape index (κ3) is 2.57. The quantitative estimate of drug-likeness (QED) is 0.692. The van der Waals surface area contributed by atoms with Crippen LogP contribution in [-0.2, 0) is 23.7 Å². The van der Waals surface area contributed by atoms with Gasteiger partial charge in [0.1, 0.15) is 18.3 Å². The Bertz CT molecular complexity index is 336. The molecule has 0 aliphatic carbocycles. The van der Waals surface area contributed by atoms with Crippen molar-refractivity contribution in [1.82, 2.24) is 0 Å². The highest BCUT2D eigenvalue weighted by molar-refractivity contribution is 5.87. The fourth-order valence-electron chi connectivity index (χ4n) is 2.16. The Hall–Kier alpha value is -0.750. The lowest BCUT2D eigenvalue weighted by molar-refractivity contribution is -0.210. The lowest BCUT2D eigenvalue weighted by atomic mass is 10.1. The molecule has 5 heteroatoms. The highest BCUT2D eigenvalue weighted by Gasteiger charge is 2.54. The molecule has 2 rings (SSSR count). The second-order valence-electron chi connectivity index (χ2n) is 4.74. The van der Waals surface area contributed by atoms with Gasteiger partial charge in [0.2, 0.25) is 0 Å². The Kier molecular flexibility index (Phi) is 3.36. The second kappa shape index (κ2) is 4.49. The van der Waals surface area contributed by atoms with Crippen LogP contribution in [0.15, 0.2) is 12.2 Å². The highest BCUT2D eigenvalue weighted by atomic mass is 16.8. The maximum absolute atomic E-state index is 10.9. The zero-order valence-corrected chi connectivity index (χ0v) is 10.5. The summed E-state index contributed by atoms with van der Waals surface area (Å²) < 4.78 is 22.4. The molecular formula is C12H18O5. The topological polar surface area (TPSA) is 54.0 Å². The van der Waals surface area contributed by atoms with Crippen LogP contribution in [-0.4, -0.2) is 43.3 Å². The van der Waals surface area contributed by atoms with Gasteiger partial charge in [-0.25, -0.2) is 0 Å². The molecule has 2 saturated heterocycles. The molecule has 0 aromatic carbocycles. The van der Waals surface area contributed by atoms with Crippen molar-refractivity contribution in [3.05, 3.63) is 12.2 Å². The summed E-state index contributed by atoms with van der Waals surface area (Å²) in [6.07, 6.45) is 1.91. The van der Waals surface area contributed by atoms with E-state index in [4.69, 9.17) is 18.9 Å². The smallest absolute Gasteiger partial charge is 0.190 e. The Balaban J connectivity index is 2.08. The minimum atomic E-state index is -0.651. The standard InChI is InChI=1S/C12H18O5/c1-7(13)5-6-8-9(14-4)10-11(15-8)17-12(2,3)16-10/h5-6,8-11H,1-4H3. The van der Waals surface area contributed by atoms with Crippen LogP contribution in [0.5, 0.6) is 0 Å². The third-order valence-electron chi connectivity index (χ3n) is 2.82. The molecule has 0 amide bonds. The first-order valence-electron chi connectivity index (χ1n) is 5.65. The van der Waals surface area contributed by atoms with Crippen LogP contribution in [0.3, 0.4) is 0 Å². The van der Waals surface area contributed by atoms with E-state index in [0.717, 1.165) is 0 Å². The first-order chi connectivity index (χ1) is 7.93. The van der Waals surface area contributed by atoms with Gasteiger partial charge in [0.15, 0.2) is 17.9 Å². The molecule has 2 heterocycles. The first kappa shape index (κ1) is 12.7. The van der Waals surface area contributed by atoms with Crippen LogP contribution in [0.2, 0.25) is 0 Å². The number of ketones is 1. The van der Waals surface area contributed by atoms with Crippen molar-refractivity contribution in [2.75, 3.05) is 7.11 Å². The summed E-state index contributed by atoms with van der Waals surface area (Å²) >= 11 is 0. The van der Waals surface area contributed by atoms with E-state index in [1.54, 1.807) is 13.2 Å². The minimum absolute atomic E-state index is 0.0253. The molecule has 2 fully saturated rings. The molecular weight excluding hydrogens is 224 g/mol. The predicted molar refractivity (Wildman–Crippen MR) is 59.3 cm³/mol. The van der Waals surface area contributed by atoms with Gasteiger partial charge >= 0.3 is 0 Å². The number of hydrogen-bond donors (Lipinski definition) is 0. The predicted octanol–water partition coefficient (Wildman–Crippen LogP) is 1.02. The molecule has 0 aromatic rings. The summed E-state index contributed by atoms with van der Waals surface area (Å²) in [6.45, 7) is 5.16. The van der Waals surface area contributed by atoms with Gasteiger partial charge < -0.3 is 18.9 Å². The van der Waals surface area contributed by atoms with Crippen LogP contribution in [0.4, 0.5) is 0 Å². The average molecular weight is 242 g/mol. The molecule has 0 radical (unpaired) electrons. The van der Waals surface area contributed by atoms with Crippen molar-refractivity contribution in [1.29, 1.82) is 0 Å². The summed E-state index contributed by atoms with van der Waals surface area (Å²) in [5.74, 6) is -0.677. The minimum Gasteiger partial charge on any atom is -0.375 e. The number of allylic oxidation sites excluding steroid dienone is 1. The second-order valence-corrected chi connectivity index (χ2v) is 4.74. The fourth-order valence-corrected chi connectivity index (χ4v) is 2.16. The molecule has 4 atom stereocenters. The summed E-state index contributed by atoms with van der Waals surface area (Å²) in [7, 11) is 1.60. The van der Waals surface area contributed by atoms with Gasteiger partial charge in [0.05, 0.1) is 0 Å². The van der Waals surface area contributed by atoms with E-state index in [9.17, 15) is 4.79 Å². The molecule has 4 unspecified atom stereocenters. The zero-order chi connectivity index (χ0) is 12.6. The van der Waals surface area contributed by atoms with Crippen molar-refractivity contribution in [2.45, 2.75) is 51.2 Å². The molecule has 0 N–H and O–H groups in total. The Morgan fingerprint density at radius 3 is 2.65 bits per heavy atom. The molecule has 2 aliphatic rings. The average Bonchev–Trinajstić information content (AvgIpc) is 2.65. The summed E-state index contributed by atoms with van der Waals surface area (Å²) in [6, 6.07) is 0. The molecule has 0 bridgehead atoms. The molecule has 2 aliphatic heterocycles. The van der Waals surface area contributed by atoms with E-state index in [-0.39, 0.29) is 24.1 Å². The number of methoxy groups -OCH3 is 1. The highest BCUT2D eigenvalue weighted by Crippen LogP contribution is 2.38. The van der Waals surface area contributed by atoms with E-state index in [2.05, 4.69) is 0 Å². The van der Waals surface area contributed by atoms with Crippen molar-refractivity contribution in [2.24, 2.45) is 0 Å².